The van der Waals surface area contributed by atoms with E-state index in [4.69, 9.17) is 15.2 Å². The Hall–Kier alpha value is -3.48. The van der Waals surface area contributed by atoms with Crippen LogP contribution in [-0.4, -0.2) is 16.8 Å². The Morgan fingerprint density at radius 1 is 1.00 bits per heavy atom. The van der Waals surface area contributed by atoms with Crippen molar-refractivity contribution < 1.29 is 9.47 Å². The van der Waals surface area contributed by atoms with Crippen molar-refractivity contribution in [2.45, 2.75) is 20.4 Å². The molecule has 1 aliphatic heterocycles. The third kappa shape index (κ3) is 3.57. The van der Waals surface area contributed by atoms with Gasteiger partial charge in [0, 0.05) is 12.2 Å². The minimum absolute atomic E-state index is 0.262. The highest BCUT2D eigenvalue weighted by Crippen LogP contribution is 2.33. The lowest BCUT2D eigenvalue weighted by atomic mass is 10.1. The van der Waals surface area contributed by atoms with Crippen LogP contribution in [0.1, 0.15) is 16.7 Å². The number of fused-ring (bicyclic) bond motifs is 1. The van der Waals surface area contributed by atoms with E-state index in [1.54, 1.807) is 0 Å². The fraction of sp³-hybridized carbons (Fsp3) is 0.200. The third-order valence-electron chi connectivity index (χ3n) is 4.43. The first-order chi connectivity index (χ1) is 13.1. The lowest BCUT2D eigenvalue weighted by Gasteiger charge is -2.14. The summed E-state index contributed by atoms with van der Waals surface area (Å²) in [6, 6.07) is 12.0. The predicted molar refractivity (Wildman–Crippen MR) is 106 cm³/mol. The van der Waals surface area contributed by atoms with Gasteiger partial charge in [-0.15, -0.1) is 0 Å². The van der Waals surface area contributed by atoms with Crippen LogP contribution in [0.5, 0.6) is 11.5 Å². The number of nitrogen functional groups attached to an aromatic ring is 1. The van der Waals surface area contributed by atoms with Crippen LogP contribution in [0.4, 0.5) is 23.0 Å². The van der Waals surface area contributed by atoms with Crippen molar-refractivity contribution in [2.75, 3.05) is 23.2 Å². The number of benzene rings is 2. The van der Waals surface area contributed by atoms with Gasteiger partial charge >= 0.3 is 0 Å². The van der Waals surface area contributed by atoms with E-state index in [2.05, 4.69) is 38.8 Å². The highest BCUT2D eigenvalue weighted by atomic mass is 16.7. The lowest BCUT2D eigenvalue weighted by molar-refractivity contribution is 0.174. The zero-order valence-electron chi connectivity index (χ0n) is 15.2. The Labute approximate surface area is 157 Å². The number of hydrogen-bond donors (Lipinski definition) is 3. The van der Waals surface area contributed by atoms with Crippen LogP contribution < -0.4 is 25.8 Å². The summed E-state index contributed by atoms with van der Waals surface area (Å²) < 4.78 is 10.7. The monoisotopic (exact) mass is 363 g/mol. The third-order valence-corrected chi connectivity index (χ3v) is 4.43. The van der Waals surface area contributed by atoms with E-state index in [1.807, 2.05) is 32.0 Å². The molecule has 0 fully saturated rings. The Morgan fingerprint density at radius 2 is 1.81 bits per heavy atom. The zero-order chi connectivity index (χ0) is 18.8. The van der Waals surface area contributed by atoms with Crippen LogP contribution in [-0.2, 0) is 6.54 Å². The van der Waals surface area contributed by atoms with E-state index < -0.39 is 0 Å². The number of anilines is 4. The van der Waals surface area contributed by atoms with Crippen molar-refractivity contribution >= 4 is 23.0 Å². The van der Waals surface area contributed by atoms with Gasteiger partial charge < -0.3 is 25.8 Å². The summed E-state index contributed by atoms with van der Waals surface area (Å²) in [5.74, 6) is 2.67. The summed E-state index contributed by atoms with van der Waals surface area (Å²) in [6.45, 7) is 4.91. The fourth-order valence-electron chi connectivity index (χ4n) is 2.87. The average Bonchev–Trinajstić information content (AvgIpc) is 3.13. The van der Waals surface area contributed by atoms with Crippen molar-refractivity contribution in [1.29, 1.82) is 0 Å². The van der Waals surface area contributed by atoms with Gasteiger partial charge in [-0.2, -0.15) is 0 Å². The van der Waals surface area contributed by atoms with E-state index in [-0.39, 0.29) is 6.79 Å². The normalized spacial score (nSPS) is 12.1. The van der Waals surface area contributed by atoms with E-state index in [1.165, 1.54) is 6.33 Å². The Morgan fingerprint density at radius 3 is 2.70 bits per heavy atom. The molecule has 4 rings (SSSR count). The number of nitrogens with two attached hydrogens (primary N) is 1. The zero-order valence-corrected chi connectivity index (χ0v) is 15.2. The van der Waals surface area contributed by atoms with Gasteiger partial charge in [0.2, 0.25) is 6.79 Å². The first-order valence-electron chi connectivity index (χ1n) is 8.67. The number of aromatic nitrogens is 2. The number of ether oxygens (including phenoxy) is 2. The van der Waals surface area contributed by atoms with E-state index >= 15 is 0 Å². The quantitative estimate of drug-likeness (QED) is 0.635. The van der Waals surface area contributed by atoms with Gasteiger partial charge in [0.1, 0.15) is 12.0 Å². The van der Waals surface area contributed by atoms with Crippen molar-refractivity contribution in [1.82, 2.24) is 9.97 Å². The highest BCUT2D eigenvalue weighted by molar-refractivity contribution is 5.78. The van der Waals surface area contributed by atoms with Crippen LogP contribution in [0.2, 0.25) is 0 Å². The number of nitrogens with one attached hydrogen (secondary N) is 2. The molecule has 3 aromatic rings. The van der Waals surface area contributed by atoms with Crippen LogP contribution in [0.3, 0.4) is 0 Å². The molecule has 0 spiro atoms. The molecular formula is C20H21N5O2. The number of nitrogens with zero attached hydrogens (tertiary/aromatic N) is 2. The molecule has 7 heteroatoms. The van der Waals surface area contributed by atoms with Crippen molar-refractivity contribution in [3.63, 3.8) is 0 Å². The first-order valence-corrected chi connectivity index (χ1v) is 8.67. The van der Waals surface area contributed by atoms with Crippen molar-refractivity contribution in [3.8, 4) is 11.5 Å². The molecule has 0 bridgehead atoms. The van der Waals surface area contributed by atoms with Crippen LogP contribution in [0.25, 0.3) is 0 Å². The molecule has 0 amide bonds. The standard InChI is InChI=1S/C20H21N5O2/c1-12-3-4-13(2)15(7-12)25-20-18(21)19(23-10-24-20)22-9-14-5-6-16-17(8-14)27-11-26-16/h3-8,10H,9,11,21H2,1-2H3,(H2,22,23,24,25). The molecular weight excluding hydrogens is 342 g/mol. The molecule has 0 saturated carbocycles. The topological polar surface area (TPSA) is 94.3 Å². The van der Waals surface area contributed by atoms with Gasteiger partial charge in [0.05, 0.1) is 0 Å². The smallest absolute Gasteiger partial charge is 0.231 e. The molecule has 0 saturated heterocycles. The molecule has 0 atom stereocenters. The number of rotatable bonds is 5. The summed E-state index contributed by atoms with van der Waals surface area (Å²) >= 11 is 0. The largest absolute Gasteiger partial charge is 0.454 e. The molecule has 1 aromatic heterocycles. The minimum Gasteiger partial charge on any atom is -0.454 e. The molecule has 4 N–H and O–H groups in total. The molecule has 27 heavy (non-hydrogen) atoms. The molecule has 2 heterocycles. The summed E-state index contributed by atoms with van der Waals surface area (Å²) in [7, 11) is 0. The van der Waals surface area contributed by atoms with Crippen molar-refractivity contribution in [2.24, 2.45) is 0 Å². The maximum absolute atomic E-state index is 6.28. The van der Waals surface area contributed by atoms with Gasteiger partial charge in [0.25, 0.3) is 0 Å². The Balaban J connectivity index is 1.51. The van der Waals surface area contributed by atoms with Crippen LogP contribution >= 0.6 is 0 Å². The summed E-state index contributed by atoms with van der Waals surface area (Å²) in [5, 5.41) is 6.56. The van der Waals surface area contributed by atoms with Crippen LogP contribution in [0, 0.1) is 13.8 Å². The molecule has 1 aliphatic rings. The van der Waals surface area contributed by atoms with Gasteiger partial charge in [-0.25, -0.2) is 9.97 Å². The molecule has 7 nitrogen and oxygen atoms in total. The van der Waals surface area contributed by atoms with Gasteiger partial charge in [0.15, 0.2) is 23.1 Å². The maximum atomic E-state index is 6.28. The van der Waals surface area contributed by atoms with Crippen LogP contribution in [0.15, 0.2) is 42.7 Å². The Kier molecular flexibility index (Phi) is 4.42. The SMILES string of the molecule is Cc1ccc(C)c(Nc2ncnc(NCc3ccc4c(c3)OCO4)c2N)c1. The second kappa shape index (κ2) is 7.03. The lowest BCUT2D eigenvalue weighted by Crippen LogP contribution is -2.08. The fourth-order valence-corrected chi connectivity index (χ4v) is 2.87. The molecule has 0 radical (unpaired) electrons. The summed E-state index contributed by atoms with van der Waals surface area (Å²) in [6.07, 6.45) is 1.49. The number of hydrogen-bond acceptors (Lipinski definition) is 7. The second-order valence-electron chi connectivity index (χ2n) is 6.47. The summed E-state index contributed by atoms with van der Waals surface area (Å²) in [4.78, 5) is 8.55. The van der Waals surface area contributed by atoms with Gasteiger partial charge in [-0.1, -0.05) is 18.2 Å². The van der Waals surface area contributed by atoms with E-state index in [0.717, 1.165) is 33.9 Å². The molecule has 138 valence electrons. The van der Waals surface area contributed by atoms with Gasteiger partial charge in [-0.3, -0.25) is 0 Å². The molecule has 0 aliphatic carbocycles. The summed E-state index contributed by atoms with van der Waals surface area (Å²) in [5.41, 5.74) is 11.1. The minimum atomic E-state index is 0.262. The first kappa shape index (κ1) is 17.0. The van der Waals surface area contributed by atoms with Crippen molar-refractivity contribution in [3.05, 3.63) is 59.4 Å². The number of aryl methyl sites for hydroxylation is 2. The molecule has 0 unspecified atom stereocenters. The Bertz CT molecular complexity index is 990. The van der Waals surface area contributed by atoms with E-state index in [9.17, 15) is 0 Å². The van der Waals surface area contributed by atoms with E-state index in [0.29, 0.717) is 23.9 Å². The second-order valence-corrected chi connectivity index (χ2v) is 6.47. The average molecular weight is 363 g/mol. The highest BCUT2D eigenvalue weighted by Gasteiger charge is 2.14. The maximum Gasteiger partial charge on any atom is 0.231 e. The molecule has 2 aromatic carbocycles. The van der Waals surface area contributed by atoms with Gasteiger partial charge in [-0.05, 0) is 48.7 Å². The predicted octanol–water partition coefficient (Wildman–Crippen LogP) is 3.76.